The minimum Gasteiger partial charge on any atom is -0.238 e. The number of halogens is 1. The normalized spacial score (nSPS) is 16.8. The number of benzene rings is 2. The highest BCUT2D eigenvalue weighted by atomic mass is 79.9. The van der Waals surface area contributed by atoms with Gasteiger partial charge in [-0.2, -0.15) is 5.10 Å². The van der Waals surface area contributed by atoms with E-state index < -0.39 is 16.1 Å². The zero-order chi connectivity index (χ0) is 19.2. The van der Waals surface area contributed by atoms with Gasteiger partial charge in [-0.3, -0.25) is 0 Å². The van der Waals surface area contributed by atoms with Gasteiger partial charge in [0.15, 0.2) is 0 Å². The molecule has 0 radical (unpaired) electrons. The van der Waals surface area contributed by atoms with Gasteiger partial charge < -0.3 is 0 Å². The maximum atomic E-state index is 13.6. The van der Waals surface area contributed by atoms with Crippen LogP contribution in [0, 0.1) is 6.92 Å². The van der Waals surface area contributed by atoms with Crippen LogP contribution in [0.25, 0.3) is 5.70 Å². The third kappa shape index (κ3) is 3.00. The quantitative estimate of drug-likeness (QED) is 0.585. The minimum atomic E-state index is -3.79. The first-order valence-corrected chi connectivity index (χ1v) is 10.7. The maximum absolute atomic E-state index is 13.6. The van der Waals surface area contributed by atoms with Crippen LogP contribution in [-0.2, 0) is 10.0 Å². The Bertz CT molecular complexity index is 1130. The van der Waals surface area contributed by atoms with E-state index in [-0.39, 0.29) is 4.90 Å². The summed E-state index contributed by atoms with van der Waals surface area (Å²) in [5.74, 6) is 0.524. The summed E-state index contributed by atoms with van der Waals surface area (Å²) in [5, 5.41) is 4.29. The molecular formula is C20H18BrN3O2S. The highest BCUT2D eigenvalue weighted by Gasteiger charge is 2.37. The fraction of sp³-hybridized carbons (Fsp3) is 0.150. The van der Waals surface area contributed by atoms with Gasteiger partial charge in [0.05, 0.1) is 17.1 Å². The monoisotopic (exact) mass is 443 g/mol. The lowest BCUT2D eigenvalue weighted by Gasteiger charge is -2.35. The van der Waals surface area contributed by atoms with Crippen LogP contribution in [-0.4, -0.2) is 18.2 Å². The number of sulfonamides is 1. The molecule has 0 saturated carbocycles. The van der Waals surface area contributed by atoms with Crippen LogP contribution in [0.5, 0.6) is 0 Å². The van der Waals surface area contributed by atoms with Crippen molar-refractivity contribution in [1.29, 1.82) is 0 Å². The van der Waals surface area contributed by atoms with Crippen molar-refractivity contribution in [2.24, 2.45) is 0 Å². The largest absolute Gasteiger partial charge is 0.266 e. The van der Waals surface area contributed by atoms with Gasteiger partial charge >= 0.3 is 0 Å². The van der Waals surface area contributed by atoms with Crippen LogP contribution in [0.1, 0.15) is 24.1 Å². The number of anilines is 1. The SMILES string of the molecule is CC1=CC(c2ccccc2Br)N(S(=O)(=O)c2ccc(C)cc2)c2ccnn21. The van der Waals surface area contributed by atoms with Crippen molar-refractivity contribution in [3.05, 3.63) is 82.5 Å². The summed E-state index contributed by atoms with van der Waals surface area (Å²) < 4.78 is 31.2. The molecule has 0 spiro atoms. The first-order chi connectivity index (χ1) is 12.9. The molecule has 3 aromatic rings. The molecule has 138 valence electrons. The standard InChI is InChI=1S/C20H18BrN3O2S/c1-14-7-9-16(10-8-14)27(25,26)24-19(17-5-3-4-6-18(17)21)13-15(2)23-20(24)11-12-22-23/h3-13,19H,1-2H3. The van der Waals surface area contributed by atoms with Crippen molar-refractivity contribution in [2.45, 2.75) is 24.8 Å². The summed E-state index contributed by atoms with van der Waals surface area (Å²) in [5.41, 5.74) is 2.77. The van der Waals surface area contributed by atoms with Gasteiger partial charge in [0, 0.05) is 16.2 Å². The lowest BCUT2D eigenvalue weighted by atomic mass is 10.0. The Kier molecular flexibility index (Phi) is 4.44. The number of hydrogen-bond acceptors (Lipinski definition) is 3. The van der Waals surface area contributed by atoms with E-state index in [0.29, 0.717) is 5.82 Å². The molecule has 2 heterocycles. The molecule has 4 rings (SSSR count). The maximum Gasteiger partial charge on any atom is 0.266 e. The summed E-state index contributed by atoms with van der Waals surface area (Å²) in [6.45, 7) is 3.86. The lowest BCUT2D eigenvalue weighted by Crippen LogP contribution is -2.38. The topological polar surface area (TPSA) is 55.2 Å². The number of nitrogens with zero attached hydrogens (tertiary/aromatic N) is 3. The average Bonchev–Trinajstić information content (AvgIpc) is 3.12. The van der Waals surface area contributed by atoms with E-state index in [1.54, 1.807) is 29.1 Å². The van der Waals surface area contributed by atoms with Crippen LogP contribution in [0.4, 0.5) is 5.82 Å². The van der Waals surface area contributed by atoms with E-state index in [4.69, 9.17) is 0 Å². The summed E-state index contributed by atoms with van der Waals surface area (Å²) >= 11 is 3.57. The van der Waals surface area contributed by atoms with E-state index in [1.807, 2.05) is 56.3 Å². The predicted octanol–water partition coefficient (Wildman–Crippen LogP) is 4.77. The Labute approximate surface area is 167 Å². The fourth-order valence-electron chi connectivity index (χ4n) is 3.27. The number of rotatable bonds is 3. The van der Waals surface area contributed by atoms with Crippen molar-refractivity contribution in [3.8, 4) is 0 Å². The molecule has 1 aliphatic rings. The van der Waals surface area contributed by atoms with Crippen LogP contribution >= 0.6 is 15.9 Å². The van der Waals surface area contributed by atoms with Gasteiger partial charge in [-0.15, -0.1) is 0 Å². The first-order valence-electron chi connectivity index (χ1n) is 8.48. The van der Waals surface area contributed by atoms with Gasteiger partial charge in [0.1, 0.15) is 5.82 Å². The van der Waals surface area contributed by atoms with Crippen LogP contribution in [0.15, 0.2) is 76.2 Å². The van der Waals surface area contributed by atoms with Crippen LogP contribution in [0.3, 0.4) is 0 Å². The second-order valence-electron chi connectivity index (χ2n) is 6.49. The van der Waals surface area contributed by atoms with Crippen LogP contribution < -0.4 is 4.31 Å². The number of aryl methyl sites for hydroxylation is 1. The molecule has 0 aliphatic carbocycles. The third-order valence-electron chi connectivity index (χ3n) is 4.64. The molecule has 0 N–H and O–H groups in total. The zero-order valence-corrected chi connectivity index (χ0v) is 17.3. The Balaban J connectivity index is 1.94. The van der Waals surface area contributed by atoms with Gasteiger partial charge in [-0.1, -0.05) is 51.8 Å². The number of hydrogen-bond donors (Lipinski definition) is 0. The molecule has 5 nitrogen and oxygen atoms in total. The smallest absolute Gasteiger partial charge is 0.238 e. The molecule has 7 heteroatoms. The number of fused-ring (bicyclic) bond motifs is 1. The van der Waals surface area contributed by atoms with E-state index in [9.17, 15) is 8.42 Å². The Hall–Kier alpha value is -2.38. The molecule has 0 bridgehead atoms. The summed E-state index contributed by atoms with van der Waals surface area (Å²) in [7, 11) is -3.79. The molecule has 1 unspecified atom stereocenters. The third-order valence-corrected chi connectivity index (χ3v) is 7.16. The summed E-state index contributed by atoms with van der Waals surface area (Å²) in [4.78, 5) is 0.255. The van der Waals surface area contributed by atoms with Gasteiger partial charge in [0.25, 0.3) is 10.0 Å². The second-order valence-corrected chi connectivity index (χ2v) is 9.16. The van der Waals surface area contributed by atoms with Crippen molar-refractivity contribution in [3.63, 3.8) is 0 Å². The second kappa shape index (κ2) is 6.65. The molecule has 0 amide bonds. The number of aromatic nitrogens is 2. The highest BCUT2D eigenvalue weighted by molar-refractivity contribution is 9.10. The van der Waals surface area contributed by atoms with E-state index in [2.05, 4.69) is 21.0 Å². The van der Waals surface area contributed by atoms with Gasteiger partial charge in [-0.25, -0.2) is 17.4 Å². The van der Waals surface area contributed by atoms with Gasteiger partial charge in [-0.05, 0) is 43.7 Å². The minimum absolute atomic E-state index is 0.255. The highest BCUT2D eigenvalue weighted by Crippen LogP contribution is 2.41. The molecule has 1 aliphatic heterocycles. The first kappa shape index (κ1) is 18.0. The van der Waals surface area contributed by atoms with Crippen LogP contribution in [0.2, 0.25) is 0 Å². The van der Waals surface area contributed by atoms with Crippen molar-refractivity contribution < 1.29 is 8.42 Å². The number of allylic oxidation sites excluding steroid dienone is 1. The van der Waals surface area contributed by atoms with Crippen molar-refractivity contribution >= 4 is 37.5 Å². The lowest BCUT2D eigenvalue weighted by molar-refractivity contribution is 0.582. The van der Waals surface area contributed by atoms with E-state index >= 15 is 0 Å². The summed E-state index contributed by atoms with van der Waals surface area (Å²) in [6, 6.07) is 15.8. The van der Waals surface area contributed by atoms with Crippen molar-refractivity contribution in [2.75, 3.05) is 4.31 Å². The molecule has 0 saturated heterocycles. The molecular weight excluding hydrogens is 426 g/mol. The Morgan fingerprint density at radius 3 is 2.41 bits per heavy atom. The average molecular weight is 444 g/mol. The Morgan fingerprint density at radius 2 is 1.70 bits per heavy atom. The van der Waals surface area contributed by atoms with Gasteiger partial charge in [0.2, 0.25) is 0 Å². The molecule has 1 aromatic heterocycles. The van der Waals surface area contributed by atoms with E-state index in [1.165, 1.54) is 4.31 Å². The Morgan fingerprint density at radius 1 is 1.00 bits per heavy atom. The molecule has 0 fully saturated rings. The molecule has 2 aromatic carbocycles. The predicted molar refractivity (Wildman–Crippen MR) is 110 cm³/mol. The fourth-order valence-corrected chi connectivity index (χ4v) is 5.36. The zero-order valence-electron chi connectivity index (χ0n) is 14.9. The summed E-state index contributed by atoms with van der Waals surface area (Å²) in [6.07, 6.45) is 3.54. The molecule has 27 heavy (non-hydrogen) atoms. The van der Waals surface area contributed by atoms with Crippen molar-refractivity contribution in [1.82, 2.24) is 9.78 Å². The molecule has 1 atom stereocenters. The van der Waals surface area contributed by atoms with E-state index in [0.717, 1.165) is 21.3 Å².